The number of β-amino-alcohol motifs (C(OH)–C–C–N with tert-alkyl or cyclic N) is 1. The molecule has 0 aromatic heterocycles. The SMILES string of the molecule is CSc1ccc([N+](=O)[O-])c(C(=O)NCC2CNCC2O)c1.Cl. The van der Waals surface area contributed by atoms with Crippen LogP contribution in [0.5, 0.6) is 0 Å². The minimum absolute atomic E-state index is 0. The van der Waals surface area contributed by atoms with Crippen molar-refractivity contribution in [3.8, 4) is 0 Å². The first-order valence-electron chi connectivity index (χ1n) is 6.52. The fourth-order valence-corrected chi connectivity index (χ4v) is 2.67. The van der Waals surface area contributed by atoms with E-state index in [4.69, 9.17) is 0 Å². The van der Waals surface area contributed by atoms with Gasteiger partial charge in [-0.05, 0) is 18.4 Å². The highest BCUT2D eigenvalue weighted by Gasteiger charge is 2.26. The number of thioether (sulfide) groups is 1. The molecule has 1 amide bonds. The van der Waals surface area contributed by atoms with E-state index in [9.17, 15) is 20.0 Å². The highest BCUT2D eigenvalue weighted by molar-refractivity contribution is 7.98. The van der Waals surface area contributed by atoms with Gasteiger partial charge in [0.2, 0.25) is 0 Å². The third kappa shape index (κ3) is 4.33. The first kappa shape index (κ1) is 18.7. The monoisotopic (exact) mass is 347 g/mol. The minimum atomic E-state index is -0.564. The number of rotatable bonds is 5. The molecule has 0 radical (unpaired) electrons. The molecule has 122 valence electrons. The second kappa shape index (κ2) is 8.33. The van der Waals surface area contributed by atoms with Crippen molar-refractivity contribution in [2.45, 2.75) is 11.0 Å². The van der Waals surface area contributed by atoms with Crippen molar-refractivity contribution in [2.24, 2.45) is 5.92 Å². The highest BCUT2D eigenvalue weighted by atomic mass is 35.5. The fourth-order valence-electron chi connectivity index (χ4n) is 2.23. The van der Waals surface area contributed by atoms with Crippen molar-refractivity contribution in [1.82, 2.24) is 10.6 Å². The predicted molar refractivity (Wildman–Crippen MR) is 86.8 cm³/mol. The van der Waals surface area contributed by atoms with Crippen LogP contribution in [0.4, 0.5) is 5.69 Å². The molecule has 22 heavy (non-hydrogen) atoms. The Morgan fingerprint density at radius 1 is 1.55 bits per heavy atom. The van der Waals surface area contributed by atoms with Crippen molar-refractivity contribution in [3.63, 3.8) is 0 Å². The van der Waals surface area contributed by atoms with Gasteiger partial charge in [0, 0.05) is 36.5 Å². The summed E-state index contributed by atoms with van der Waals surface area (Å²) >= 11 is 1.41. The molecule has 2 rings (SSSR count). The lowest BCUT2D eigenvalue weighted by Crippen LogP contribution is -2.34. The van der Waals surface area contributed by atoms with E-state index >= 15 is 0 Å². The molecule has 2 unspecified atom stereocenters. The molecule has 9 heteroatoms. The molecule has 0 aliphatic carbocycles. The van der Waals surface area contributed by atoms with Crippen LogP contribution in [0.2, 0.25) is 0 Å². The second-order valence-electron chi connectivity index (χ2n) is 4.84. The zero-order chi connectivity index (χ0) is 15.4. The van der Waals surface area contributed by atoms with E-state index in [0.29, 0.717) is 13.1 Å². The third-order valence-corrected chi connectivity index (χ3v) is 4.20. The predicted octanol–water partition coefficient (Wildman–Crippen LogP) is 1.05. The number of nitrogens with one attached hydrogen (secondary N) is 2. The smallest absolute Gasteiger partial charge is 0.282 e. The third-order valence-electron chi connectivity index (χ3n) is 3.47. The molecule has 1 fully saturated rings. The van der Waals surface area contributed by atoms with Gasteiger partial charge < -0.3 is 15.7 Å². The van der Waals surface area contributed by atoms with Gasteiger partial charge in [-0.2, -0.15) is 0 Å². The maximum atomic E-state index is 12.2. The Hall–Kier alpha value is -1.35. The normalized spacial score (nSPS) is 20.3. The zero-order valence-electron chi connectivity index (χ0n) is 11.9. The second-order valence-corrected chi connectivity index (χ2v) is 5.72. The maximum Gasteiger partial charge on any atom is 0.282 e. The van der Waals surface area contributed by atoms with Gasteiger partial charge in [0.25, 0.3) is 11.6 Å². The largest absolute Gasteiger partial charge is 0.391 e. The van der Waals surface area contributed by atoms with Gasteiger partial charge in [0.1, 0.15) is 5.56 Å². The summed E-state index contributed by atoms with van der Waals surface area (Å²) in [4.78, 5) is 23.4. The van der Waals surface area contributed by atoms with Crippen LogP contribution in [0.25, 0.3) is 0 Å². The molecule has 1 heterocycles. The Kier molecular flexibility index (Phi) is 7.08. The van der Waals surface area contributed by atoms with Gasteiger partial charge in [-0.15, -0.1) is 24.2 Å². The number of carbonyl (C=O) groups excluding carboxylic acids is 1. The number of nitro benzene ring substituents is 1. The van der Waals surface area contributed by atoms with Crippen LogP contribution in [-0.4, -0.2) is 47.9 Å². The molecular weight excluding hydrogens is 330 g/mol. The number of hydrogen-bond donors (Lipinski definition) is 3. The van der Waals surface area contributed by atoms with Gasteiger partial charge in [-0.3, -0.25) is 14.9 Å². The van der Waals surface area contributed by atoms with E-state index in [1.54, 1.807) is 6.07 Å². The van der Waals surface area contributed by atoms with Gasteiger partial charge in [0.05, 0.1) is 11.0 Å². The average Bonchev–Trinajstić information content (AvgIpc) is 2.89. The molecule has 1 aliphatic rings. The van der Waals surface area contributed by atoms with Gasteiger partial charge in [-0.1, -0.05) is 0 Å². The van der Waals surface area contributed by atoms with Crippen molar-refractivity contribution < 1.29 is 14.8 Å². The number of benzene rings is 1. The van der Waals surface area contributed by atoms with E-state index in [1.807, 2.05) is 6.26 Å². The van der Waals surface area contributed by atoms with Gasteiger partial charge in [-0.25, -0.2) is 0 Å². The van der Waals surface area contributed by atoms with Crippen LogP contribution in [0, 0.1) is 16.0 Å². The topological polar surface area (TPSA) is 104 Å². The lowest BCUT2D eigenvalue weighted by molar-refractivity contribution is -0.385. The molecule has 1 aliphatic heterocycles. The molecule has 2 atom stereocenters. The molecule has 0 bridgehead atoms. The number of aliphatic hydroxyl groups excluding tert-OH is 1. The maximum absolute atomic E-state index is 12.2. The molecule has 0 saturated carbocycles. The number of aliphatic hydroxyl groups is 1. The Bertz CT molecular complexity index is 558. The number of nitrogens with zero attached hydrogens (tertiary/aromatic N) is 1. The molecule has 0 spiro atoms. The quantitative estimate of drug-likeness (QED) is 0.418. The molecular formula is C13H18ClN3O4S. The highest BCUT2D eigenvalue weighted by Crippen LogP contribution is 2.24. The van der Waals surface area contributed by atoms with E-state index in [-0.39, 0.29) is 36.1 Å². The summed E-state index contributed by atoms with van der Waals surface area (Å²) in [5.41, 5.74) is -0.164. The lowest BCUT2D eigenvalue weighted by atomic mass is 10.1. The molecule has 1 saturated heterocycles. The fraction of sp³-hybridized carbons (Fsp3) is 0.462. The van der Waals surface area contributed by atoms with Crippen LogP contribution < -0.4 is 10.6 Å². The van der Waals surface area contributed by atoms with Gasteiger partial charge >= 0.3 is 0 Å². The number of halogens is 1. The summed E-state index contributed by atoms with van der Waals surface area (Å²) in [6.45, 7) is 1.41. The Balaban J connectivity index is 0.00000242. The van der Waals surface area contributed by atoms with E-state index in [1.165, 1.54) is 23.9 Å². The van der Waals surface area contributed by atoms with Crippen LogP contribution in [0.3, 0.4) is 0 Å². The van der Waals surface area contributed by atoms with Crippen LogP contribution in [0.1, 0.15) is 10.4 Å². The van der Waals surface area contributed by atoms with Crippen molar-refractivity contribution >= 4 is 35.8 Å². The van der Waals surface area contributed by atoms with Gasteiger partial charge in [0.15, 0.2) is 0 Å². The van der Waals surface area contributed by atoms with E-state index in [2.05, 4.69) is 10.6 Å². The van der Waals surface area contributed by atoms with E-state index in [0.717, 1.165) is 4.90 Å². The summed E-state index contributed by atoms with van der Waals surface area (Å²) in [5, 5.41) is 26.4. The average molecular weight is 348 g/mol. The number of hydrogen-bond acceptors (Lipinski definition) is 6. The standard InChI is InChI=1S/C13H17N3O4S.ClH/c1-21-9-2-3-11(16(19)20)10(4-9)13(18)15-6-8-5-14-7-12(8)17;/h2-4,8,12,14,17H,5-7H2,1H3,(H,15,18);1H. The van der Waals surface area contributed by atoms with Crippen LogP contribution >= 0.6 is 24.2 Å². The van der Waals surface area contributed by atoms with Crippen molar-refractivity contribution in [3.05, 3.63) is 33.9 Å². The molecule has 1 aromatic carbocycles. The van der Waals surface area contributed by atoms with E-state index < -0.39 is 16.9 Å². The van der Waals surface area contributed by atoms with Crippen LogP contribution in [0.15, 0.2) is 23.1 Å². The summed E-state index contributed by atoms with van der Waals surface area (Å²) in [7, 11) is 0. The first-order valence-corrected chi connectivity index (χ1v) is 7.74. The summed E-state index contributed by atoms with van der Waals surface area (Å²) in [6.07, 6.45) is 1.33. The van der Waals surface area contributed by atoms with Crippen molar-refractivity contribution in [2.75, 3.05) is 25.9 Å². The Morgan fingerprint density at radius 3 is 2.82 bits per heavy atom. The van der Waals surface area contributed by atoms with Crippen molar-refractivity contribution in [1.29, 1.82) is 0 Å². The Labute approximate surface area is 138 Å². The van der Waals surface area contributed by atoms with Crippen LogP contribution in [-0.2, 0) is 0 Å². The molecule has 3 N–H and O–H groups in total. The summed E-state index contributed by atoms with van der Waals surface area (Å²) in [5.74, 6) is -0.562. The number of nitro groups is 1. The molecule has 1 aromatic rings. The first-order chi connectivity index (χ1) is 10.0. The Morgan fingerprint density at radius 2 is 2.27 bits per heavy atom. The number of amides is 1. The number of carbonyl (C=O) groups is 1. The lowest BCUT2D eigenvalue weighted by Gasteiger charge is -2.14. The summed E-state index contributed by atoms with van der Waals surface area (Å²) < 4.78 is 0. The zero-order valence-corrected chi connectivity index (χ0v) is 13.6. The molecule has 7 nitrogen and oxygen atoms in total. The minimum Gasteiger partial charge on any atom is -0.391 e. The summed E-state index contributed by atoms with van der Waals surface area (Å²) in [6, 6.07) is 4.47.